The van der Waals surface area contributed by atoms with Gasteiger partial charge in [0.2, 0.25) is 5.91 Å². The third-order valence-electron chi connectivity index (χ3n) is 6.07. The number of hydrogen-bond acceptors (Lipinski definition) is 4. The summed E-state index contributed by atoms with van der Waals surface area (Å²) in [5.74, 6) is 0.871. The van der Waals surface area contributed by atoms with Gasteiger partial charge in [0.05, 0.1) is 0 Å². The maximum absolute atomic E-state index is 12.5. The van der Waals surface area contributed by atoms with Crippen LogP contribution in [0.5, 0.6) is 0 Å². The molecule has 0 saturated carbocycles. The predicted octanol–water partition coefficient (Wildman–Crippen LogP) is 3.07. The van der Waals surface area contributed by atoms with Crippen LogP contribution in [-0.4, -0.2) is 66.6 Å². The highest BCUT2D eigenvalue weighted by Gasteiger charge is 2.32. The van der Waals surface area contributed by atoms with Gasteiger partial charge in [0.1, 0.15) is 6.61 Å². The van der Waals surface area contributed by atoms with Gasteiger partial charge in [-0.15, -0.1) is 0 Å². The van der Waals surface area contributed by atoms with Crippen molar-refractivity contribution in [3.8, 4) is 0 Å². The molecule has 158 valence electrons. The molecule has 0 spiro atoms. The number of benzene rings is 1. The monoisotopic (exact) mass is 408 g/mol. The van der Waals surface area contributed by atoms with E-state index in [0.717, 1.165) is 44.7 Å². The molecule has 0 bridgehead atoms. The Labute approximate surface area is 177 Å². The second kappa shape index (κ2) is 9.26. The molecule has 7 nitrogen and oxygen atoms in total. The van der Waals surface area contributed by atoms with Crippen LogP contribution < -0.4 is 5.32 Å². The summed E-state index contributed by atoms with van der Waals surface area (Å²) < 4.78 is 4.94. The minimum absolute atomic E-state index is 0.0609. The number of aromatic nitrogens is 1. The average molecular weight is 409 g/mol. The minimum Gasteiger partial charge on any atom is -0.375 e. The predicted molar refractivity (Wildman–Crippen MR) is 114 cm³/mol. The van der Waals surface area contributed by atoms with Crippen molar-refractivity contribution in [1.82, 2.24) is 14.8 Å². The molecular formula is C23H28N4O3. The number of rotatable bonds is 5. The van der Waals surface area contributed by atoms with E-state index in [0.29, 0.717) is 11.8 Å². The number of nitrogens with one attached hydrogen (secondary N) is 1. The van der Waals surface area contributed by atoms with Crippen LogP contribution in [0.2, 0.25) is 0 Å². The van der Waals surface area contributed by atoms with Gasteiger partial charge >= 0.3 is 6.03 Å². The largest absolute Gasteiger partial charge is 0.375 e. The topological polar surface area (TPSA) is 74.8 Å². The zero-order valence-corrected chi connectivity index (χ0v) is 17.3. The summed E-state index contributed by atoms with van der Waals surface area (Å²) in [7, 11) is 1.55. The van der Waals surface area contributed by atoms with Crippen molar-refractivity contribution in [2.45, 2.75) is 24.7 Å². The lowest BCUT2D eigenvalue weighted by Crippen LogP contribution is -2.50. The lowest BCUT2D eigenvalue weighted by molar-refractivity contribution is -0.136. The number of pyridine rings is 1. The smallest absolute Gasteiger partial charge is 0.321 e. The van der Waals surface area contributed by atoms with Crippen molar-refractivity contribution < 1.29 is 14.3 Å². The lowest BCUT2D eigenvalue weighted by atomic mass is 9.89. The van der Waals surface area contributed by atoms with Gasteiger partial charge in [-0.25, -0.2) is 4.79 Å². The second-order valence-electron chi connectivity index (χ2n) is 8.03. The third kappa shape index (κ3) is 4.62. The van der Waals surface area contributed by atoms with Crippen molar-refractivity contribution in [2.24, 2.45) is 0 Å². The number of piperidine rings is 1. The number of likely N-dealkylation sites (tertiary alicyclic amines) is 2. The molecule has 0 unspecified atom stereocenters. The maximum atomic E-state index is 12.5. The molecule has 3 amide bonds. The molecular weight excluding hydrogens is 380 g/mol. The standard InChI is InChI=1S/C23H28N4O3/c1-30-16-22(28)26-11-8-18(9-12-26)17-4-6-21(7-5-17)25-23(29)27-14-20(15-27)19-3-2-10-24-13-19/h2-7,10,13,18,20H,8-9,11-12,14-16H2,1H3,(H,25,29). The number of urea groups is 1. The summed E-state index contributed by atoms with van der Waals surface area (Å²) in [6.45, 7) is 3.11. The first kappa shape index (κ1) is 20.3. The molecule has 2 aliphatic heterocycles. The molecule has 7 heteroatoms. The van der Waals surface area contributed by atoms with Gasteiger partial charge in [0, 0.05) is 57.3 Å². The summed E-state index contributed by atoms with van der Waals surface area (Å²) in [5, 5.41) is 2.99. The summed E-state index contributed by atoms with van der Waals surface area (Å²) in [6, 6.07) is 12.0. The SMILES string of the molecule is COCC(=O)N1CCC(c2ccc(NC(=O)N3CC(c4cccnc4)C3)cc2)CC1. The quantitative estimate of drug-likeness (QED) is 0.825. The molecule has 1 aromatic carbocycles. The van der Waals surface area contributed by atoms with E-state index in [-0.39, 0.29) is 18.5 Å². The first-order chi connectivity index (χ1) is 14.6. The normalized spacial score (nSPS) is 17.5. The van der Waals surface area contributed by atoms with E-state index < -0.39 is 0 Å². The number of hydrogen-bond donors (Lipinski definition) is 1. The third-order valence-corrected chi connectivity index (χ3v) is 6.07. The highest BCUT2D eigenvalue weighted by atomic mass is 16.5. The van der Waals surface area contributed by atoms with Crippen LogP contribution in [-0.2, 0) is 9.53 Å². The van der Waals surface area contributed by atoms with Crippen molar-refractivity contribution in [3.05, 3.63) is 59.9 Å². The number of amides is 3. The number of carbonyl (C=O) groups is 2. The van der Waals surface area contributed by atoms with Gasteiger partial charge in [0.15, 0.2) is 0 Å². The Kier molecular flexibility index (Phi) is 6.28. The fourth-order valence-electron chi connectivity index (χ4n) is 4.19. The van der Waals surface area contributed by atoms with E-state index in [4.69, 9.17) is 4.74 Å². The Balaban J connectivity index is 1.24. The molecule has 0 radical (unpaired) electrons. The molecule has 1 N–H and O–H groups in total. The number of ether oxygens (including phenoxy) is 1. The summed E-state index contributed by atoms with van der Waals surface area (Å²) >= 11 is 0. The van der Waals surface area contributed by atoms with Crippen LogP contribution in [0.4, 0.5) is 10.5 Å². The van der Waals surface area contributed by atoms with Gasteiger partial charge in [-0.1, -0.05) is 18.2 Å². The van der Waals surface area contributed by atoms with Gasteiger partial charge in [0.25, 0.3) is 0 Å². The molecule has 0 atom stereocenters. The number of methoxy groups -OCH3 is 1. The van der Waals surface area contributed by atoms with E-state index in [9.17, 15) is 9.59 Å². The Morgan fingerprint density at radius 1 is 1.03 bits per heavy atom. The van der Waals surface area contributed by atoms with E-state index in [2.05, 4.69) is 28.5 Å². The first-order valence-electron chi connectivity index (χ1n) is 10.5. The number of nitrogens with zero attached hydrogens (tertiary/aromatic N) is 3. The molecule has 30 heavy (non-hydrogen) atoms. The van der Waals surface area contributed by atoms with Crippen molar-refractivity contribution in [2.75, 3.05) is 45.2 Å². The van der Waals surface area contributed by atoms with Crippen molar-refractivity contribution in [1.29, 1.82) is 0 Å². The van der Waals surface area contributed by atoms with E-state index in [1.54, 1.807) is 13.3 Å². The second-order valence-corrected chi connectivity index (χ2v) is 8.03. The van der Waals surface area contributed by atoms with Crippen LogP contribution in [0.3, 0.4) is 0 Å². The van der Waals surface area contributed by atoms with Crippen LogP contribution in [0.25, 0.3) is 0 Å². The van der Waals surface area contributed by atoms with E-state index in [1.807, 2.05) is 34.2 Å². The first-order valence-corrected chi connectivity index (χ1v) is 10.5. The Morgan fingerprint density at radius 2 is 1.77 bits per heavy atom. The molecule has 2 aromatic rings. The molecule has 3 heterocycles. The minimum atomic E-state index is -0.0622. The molecule has 2 aliphatic rings. The lowest BCUT2D eigenvalue weighted by Gasteiger charge is -2.39. The molecule has 2 saturated heterocycles. The Bertz CT molecular complexity index is 858. The summed E-state index contributed by atoms with van der Waals surface area (Å²) in [4.78, 5) is 32.2. The molecule has 2 fully saturated rings. The van der Waals surface area contributed by atoms with Crippen LogP contribution in [0.1, 0.15) is 35.8 Å². The Hall–Kier alpha value is -2.93. The van der Waals surface area contributed by atoms with Crippen molar-refractivity contribution >= 4 is 17.6 Å². The Morgan fingerprint density at radius 3 is 2.40 bits per heavy atom. The zero-order valence-electron chi connectivity index (χ0n) is 17.3. The molecule has 4 rings (SSSR count). The summed E-state index contributed by atoms with van der Waals surface area (Å²) in [5.41, 5.74) is 3.24. The highest BCUT2D eigenvalue weighted by molar-refractivity contribution is 5.90. The maximum Gasteiger partial charge on any atom is 0.321 e. The van der Waals surface area contributed by atoms with Crippen molar-refractivity contribution in [3.63, 3.8) is 0 Å². The van der Waals surface area contributed by atoms with Gasteiger partial charge in [-0.05, 0) is 48.1 Å². The van der Waals surface area contributed by atoms with Gasteiger partial charge in [-0.3, -0.25) is 9.78 Å². The highest BCUT2D eigenvalue weighted by Crippen LogP contribution is 2.30. The van der Waals surface area contributed by atoms with Gasteiger partial charge in [-0.2, -0.15) is 0 Å². The van der Waals surface area contributed by atoms with Crippen LogP contribution >= 0.6 is 0 Å². The number of anilines is 1. The molecule has 1 aromatic heterocycles. The van der Waals surface area contributed by atoms with Crippen LogP contribution in [0, 0.1) is 0 Å². The number of carbonyl (C=O) groups excluding carboxylic acids is 2. The average Bonchev–Trinajstić information content (AvgIpc) is 2.74. The summed E-state index contributed by atoms with van der Waals surface area (Å²) in [6.07, 6.45) is 5.53. The fraction of sp³-hybridized carbons (Fsp3) is 0.435. The van der Waals surface area contributed by atoms with E-state index >= 15 is 0 Å². The van der Waals surface area contributed by atoms with Gasteiger partial charge < -0.3 is 19.9 Å². The van der Waals surface area contributed by atoms with E-state index in [1.165, 1.54) is 11.1 Å². The van der Waals surface area contributed by atoms with Crippen LogP contribution in [0.15, 0.2) is 48.8 Å². The zero-order chi connectivity index (χ0) is 20.9. The molecule has 0 aliphatic carbocycles. The fourth-order valence-corrected chi connectivity index (χ4v) is 4.19.